The quantitative estimate of drug-likeness (QED) is 0.531. The molecular formula is C21H20ClFN2O3S. The van der Waals surface area contributed by atoms with Crippen LogP contribution in [0.25, 0.3) is 0 Å². The zero-order valence-electron chi connectivity index (χ0n) is 15.8. The van der Waals surface area contributed by atoms with Crippen molar-refractivity contribution in [3.05, 3.63) is 58.4 Å². The maximum absolute atomic E-state index is 14.1. The number of Topliss-reactive ketones (excluding diaryl/α,β-unsaturated/α-hetero) is 1. The van der Waals surface area contributed by atoms with E-state index in [-0.39, 0.29) is 33.8 Å². The lowest BCUT2D eigenvalue weighted by Gasteiger charge is -2.18. The smallest absolute Gasteiger partial charge is 0.255 e. The van der Waals surface area contributed by atoms with Gasteiger partial charge in [0, 0.05) is 28.6 Å². The van der Waals surface area contributed by atoms with Gasteiger partial charge in [0.2, 0.25) is 5.91 Å². The second kappa shape index (κ2) is 9.41. The number of nitrogens with one attached hydrogen (secondary N) is 1. The molecule has 1 saturated heterocycles. The van der Waals surface area contributed by atoms with E-state index in [2.05, 4.69) is 5.32 Å². The molecule has 8 heteroatoms. The van der Waals surface area contributed by atoms with Gasteiger partial charge in [-0.1, -0.05) is 17.7 Å². The number of halogens is 2. The van der Waals surface area contributed by atoms with Crippen molar-refractivity contribution in [1.82, 2.24) is 4.90 Å². The van der Waals surface area contributed by atoms with E-state index in [4.69, 9.17) is 11.6 Å². The van der Waals surface area contributed by atoms with Crippen LogP contribution in [0.5, 0.6) is 0 Å². The Morgan fingerprint density at radius 1 is 1.14 bits per heavy atom. The fraction of sp³-hybridized carbons (Fsp3) is 0.286. The average molecular weight is 435 g/mol. The van der Waals surface area contributed by atoms with Crippen LogP contribution >= 0.6 is 23.4 Å². The molecule has 1 aliphatic rings. The van der Waals surface area contributed by atoms with Crippen molar-refractivity contribution in [1.29, 1.82) is 0 Å². The van der Waals surface area contributed by atoms with Gasteiger partial charge in [-0.2, -0.15) is 0 Å². The maximum atomic E-state index is 14.1. The SMILES string of the molecule is CC(=O)c1ccc(SCC(=O)Nc2cc(Cl)ccc2C(=O)N2CCCC2)c(F)c1. The van der Waals surface area contributed by atoms with Crippen LogP contribution in [-0.4, -0.2) is 41.3 Å². The van der Waals surface area contributed by atoms with E-state index in [0.717, 1.165) is 30.7 Å². The van der Waals surface area contributed by atoms with Gasteiger partial charge in [0.15, 0.2) is 5.78 Å². The Morgan fingerprint density at radius 2 is 1.86 bits per heavy atom. The first-order chi connectivity index (χ1) is 13.8. The van der Waals surface area contributed by atoms with Gasteiger partial charge in [-0.3, -0.25) is 14.4 Å². The van der Waals surface area contributed by atoms with Gasteiger partial charge in [-0.05, 0) is 50.1 Å². The summed E-state index contributed by atoms with van der Waals surface area (Å²) in [5.74, 6) is -1.37. The molecule has 1 aliphatic heterocycles. The zero-order chi connectivity index (χ0) is 21.0. The van der Waals surface area contributed by atoms with Gasteiger partial charge >= 0.3 is 0 Å². The first kappa shape index (κ1) is 21.3. The predicted octanol–water partition coefficient (Wildman–Crippen LogP) is 4.65. The summed E-state index contributed by atoms with van der Waals surface area (Å²) >= 11 is 7.05. The number of carbonyl (C=O) groups is 3. The molecule has 0 aromatic heterocycles. The second-order valence-electron chi connectivity index (χ2n) is 6.73. The molecule has 1 heterocycles. The van der Waals surface area contributed by atoms with E-state index in [1.54, 1.807) is 17.0 Å². The monoisotopic (exact) mass is 434 g/mol. The Kier molecular flexibility index (Phi) is 6.92. The summed E-state index contributed by atoms with van der Waals surface area (Å²) in [6.07, 6.45) is 1.93. The lowest BCUT2D eigenvalue weighted by Crippen LogP contribution is -2.29. The van der Waals surface area contributed by atoms with Crippen LogP contribution in [-0.2, 0) is 4.79 Å². The lowest BCUT2D eigenvalue weighted by atomic mass is 10.1. The highest BCUT2D eigenvalue weighted by atomic mass is 35.5. The average Bonchev–Trinajstić information content (AvgIpc) is 3.21. The minimum absolute atomic E-state index is 0.0554. The standard InChI is InChI=1S/C21H20ClFN2O3S/c1-13(26)14-4-7-19(17(23)10-14)29-12-20(27)24-18-11-15(22)5-6-16(18)21(28)25-8-2-3-9-25/h4-7,10-11H,2-3,8-9,12H2,1H3,(H,24,27). The summed E-state index contributed by atoms with van der Waals surface area (Å²) in [7, 11) is 0. The molecular weight excluding hydrogens is 415 g/mol. The van der Waals surface area contributed by atoms with Crippen LogP contribution < -0.4 is 5.32 Å². The van der Waals surface area contributed by atoms with E-state index in [1.807, 2.05) is 0 Å². The van der Waals surface area contributed by atoms with Crippen LogP contribution in [0, 0.1) is 5.82 Å². The Hall–Kier alpha value is -2.38. The molecule has 3 rings (SSSR count). The van der Waals surface area contributed by atoms with Crippen LogP contribution in [0.1, 0.15) is 40.5 Å². The fourth-order valence-electron chi connectivity index (χ4n) is 3.06. The number of carbonyl (C=O) groups excluding carboxylic acids is 3. The van der Waals surface area contributed by atoms with Gasteiger partial charge in [-0.15, -0.1) is 11.8 Å². The molecule has 5 nitrogen and oxygen atoms in total. The van der Waals surface area contributed by atoms with Crippen molar-refractivity contribution in [2.75, 3.05) is 24.2 Å². The molecule has 29 heavy (non-hydrogen) atoms. The van der Waals surface area contributed by atoms with Crippen LogP contribution in [0.3, 0.4) is 0 Å². The highest BCUT2D eigenvalue weighted by Crippen LogP contribution is 2.26. The summed E-state index contributed by atoms with van der Waals surface area (Å²) in [5.41, 5.74) is 0.999. The molecule has 2 aromatic rings. The number of hydrogen-bond donors (Lipinski definition) is 1. The van der Waals surface area contributed by atoms with E-state index < -0.39 is 5.82 Å². The van der Waals surface area contributed by atoms with Crippen LogP contribution in [0.2, 0.25) is 5.02 Å². The number of anilines is 1. The first-order valence-electron chi connectivity index (χ1n) is 9.17. The number of rotatable bonds is 6. The molecule has 0 spiro atoms. The van der Waals surface area contributed by atoms with Crippen molar-refractivity contribution in [3.63, 3.8) is 0 Å². The summed E-state index contributed by atoms with van der Waals surface area (Å²) < 4.78 is 14.1. The Labute approximate surface area is 177 Å². The number of ketones is 1. The fourth-order valence-corrected chi connectivity index (χ4v) is 3.96. The van der Waals surface area contributed by atoms with E-state index in [0.29, 0.717) is 29.4 Å². The van der Waals surface area contributed by atoms with Gasteiger partial charge in [0.25, 0.3) is 5.91 Å². The lowest BCUT2D eigenvalue weighted by molar-refractivity contribution is -0.113. The van der Waals surface area contributed by atoms with E-state index >= 15 is 0 Å². The largest absolute Gasteiger partial charge is 0.339 e. The summed E-state index contributed by atoms with van der Waals surface area (Å²) in [4.78, 5) is 38.5. The van der Waals surface area contributed by atoms with E-state index in [9.17, 15) is 18.8 Å². The molecule has 0 atom stereocenters. The summed E-state index contributed by atoms with van der Waals surface area (Å²) in [6, 6.07) is 8.91. The third kappa shape index (κ3) is 5.36. The maximum Gasteiger partial charge on any atom is 0.255 e. The number of nitrogens with zero attached hydrogens (tertiary/aromatic N) is 1. The van der Waals surface area contributed by atoms with Crippen molar-refractivity contribution in [2.45, 2.75) is 24.7 Å². The third-order valence-corrected chi connectivity index (χ3v) is 5.86. The second-order valence-corrected chi connectivity index (χ2v) is 8.18. The molecule has 0 aliphatic carbocycles. The van der Waals surface area contributed by atoms with Crippen molar-refractivity contribution in [2.24, 2.45) is 0 Å². The number of benzene rings is 2. The molecule has 152 valence electrons. The number of likely N-dealkylation sites (tertiary alicyclic amines) is 1. The molecule has 0 bridgehead atoms. The molecule has 2 aromatic carbocycles. The molecule has 1 fully saturated rings. The van der Waals surface area contributed by atoms with Gasteiger partial charge in [-0.25, -0.2) is 4.39 Å². The number of hydrogen-bond acceptors (Lipinski definition) is 4. The van der Waals surface area contributed by atoms with Crippen molar-refractivity contribution in [3.8, 4) is 0 Å². The minimum atomic E-state index is -0.553. The zero-order valence-corrected chi connectivity index (χ0v) is 17.4. The van der Waals surface area contributed by atoms with Gasteiger partial charge < -0.3 is 10.2 Å². The molecule has 1 N–H and O–H groups in total. The molecule has 0 unspecified atom stereocenters. The first-order valence-corrected chi connectivity index (χ1v) is 10.5. The molecule has 0 radical (unpaired) electrons. The number of thioether (sulfide) groups is 1. The highest BCUT2D eigenvalue weighted by Gasteiger charge is 2.23. The third-order valence-electron chi connectivity index (χ3n) is 4.58. The van der Waals surface area contributed by atoms with Crippen LogP contribution in [0.4, 0.5) is 10.1 Å². The van der Waals surface area contributed by atoms with Gasteiger partial charge in [0.1, 0.15) is 5.82 Å². The van der Waals surface area contributed by atoms with Gasteiger partial charge in [0.05, 0.1) is 17.0 Å². The Bertz CT molecular complexity index is 961. The Morgan fingerprint density at radius 3 is 2.52 bits per heavy atom. The van der Waals surface area contributed by atoms with Crippen molar-refractivity contribution >= 4 is 46.6 Å². The summed E-state index contributed by atoms with van der Waals surface area (Å²) in [6.45, 7) is 2.75. The number of amides is 2. The van der Waals surface area contributed by atoms with Crippen molar-refractivity contribution < 1.29 is 18.8 Å². The minimum Gasteiger partial charge on any atom is -0.339 e. The normalized spacial score (nSPS) is 13.4. The summed E-state index contributed by atoms with van der Waals surface area (Å²) in [5, 5.41) is 3.11. The molecule has 0 saturated carbocycles. The molecule has 2 amide bonds. The van der Waals surface area contributed by atoms with Crippen LogP contribution in [0.15, 0.2) is 41.3 Å². The van der Waals surface area contributed by atoms with E-state index in [1.165, 1.54) is 25.1 Å². The predicted molar refractivity (Wildman–Crippen MR) is 112 cm³/mol. The topological polar surface area (TPSA) is 66.5 Å². The highest BCUT2D eigenvalue weighted by molar-refractivity contribution is 8.00. The Balaban J connectivity index is 1.68.